The zero-order chi connectivity index (χ0) is 18.4. The van der Waals surface area contributed by atoms with E-state index in [0.29, 0.717) is 6.61 Å². The minimum Gasteiger partial charge on any atom is -0.496 e. The summed E-state index contributed by atoms with van der Waals surface area (Å²) in [4.78, 5) is 13.2. The fourth-order valence-corrected chi connectivity index (χ4v) is 4.06. The number of ether oxygens (including phenoxy) is 2. The van der Waals surface area contributed by atoms with Crippen molar-refractivity contribution < 1.29 is 14.3 Å². The van der Waals surface area contributed by atoms with Crippen LogP contribution in [-0.4, -0.2) is 19.7 Å². The number of carbonyl (C=O) groups excluding carboxylic acids is 1. The summed E-state index contributed by atoms with van der Waals surface area (Å²) in [5.74, 6) is 0.814. The van der Waals surface area contributed by atoms with Crippen LogP contribution in [0.1, 0.15) is 72.3 Å². The average molecular weight is 335 g/mol. The quantitative estimate of drug-likeness (QED) is 0.582. The van der Waals surface area contributed by atoms with Crippen molar-refractivity contribution in [3.63, 3.8) is 0 Å². The summed E-state index contributed by atoms with van der Waals surface area (Å²) in [5, 5.41) is 0. The van der Waals surface area contributed by atoms with Crippen LogP contribution in [0, 0.1) is 10.8 Å². The topological polar surface area (TPSA) is 35.5 Å². The Morgan fingerprint density at radius 2 is 1.75 bits per heavy atom. The number of methoxy groups -OCH3 is 1. The Morgan fingerprint density at radius 1 is 1.12 bits per heavy atom. The Bertz CT molecular complexity index is 530. The van der Waals surface area contributed by atoms with E-state index < -0.39 is 5.41 Å². The molecular formula is C21H34O3. The fraction of sp³-hybridized carbons (Fsp3) is 0.667. The molecule has 24 heavy (non-hydrogen) atoms. The molecule has 1 aromatic carbocycles. The lowest BCUT2D eigenvalue weighted by Crippen LogP contribution is -2.48. The molecule has 0 aromatic heterocycles. The van der Waals surface area contributed by atoms with Crippen LogP contribution < -0.4 is 4.74 Å². The van der Waals surface area contributed by atoms with Gasteiger partial charge in [-0.25, -0.2) is 0 Å². The molecular weight excluding hydrogens is 300 g/mol. The maximum Gasteiger partial charge on any atom is 0.313 e. The molecule has 0 amide bonds. The summed E-state index contributed by atoms with van der Waals surface area (Å²) in [5.41, 5.74) is 0.286. The first-order chi connectivity index (χ1) is 11.3. The highest BCUT2D eigenvalue weighted by atomic mass is 16.5. The molecule has 3 nitrogen and oxygen atoms in total. The Morgan fingerprint density at radius 3 is 2.21 bits per heavy atom. The van der Waals surface area contributed by atoms with E-state index in [2.05, 4.69) is 40.7 Å². The highest BCUT2D eigenvalue weighted by molar-refractivity contribution is 5.79. The lowest BCUT2D eigenvalue weighted by atomic mass is 9.55. The second-order valence-electron chi connectivity index (χ2n) is 7.38. The van der Waals surface area contributed by atoms with Crippen molar-refractivity contribution in [3.05, 3.63) is 29.8 Å². The second-order valence-corrected chi connectivity index (χ2v) is 7.38. The van der Waals surface area contributed by atoms with E-state index in [0.717, 1.165) is 30.6 Å². The van der Waals surface area contributed by atoms with Crippen LogP contribution in [0.3, 0.4) is 0 Å². The van der Waals surface area contributed by atoms with Gasteiger partial charge in [0.15, 0.2) is 0 Å². The fourth-order valence-electron chi connectivity index (χ4n) is 4.06. The van der Waals surface area contributed by atoms with Crippen molar-refractivity contribution in [2.75, 3.05) is 13.7 Å². The van der Waals surface area contributed by atoms with E-state index in [9.17, 15) is 4.79 Å². The lowest BCUT2D eigenvalue weighted by molar-refractivity contribution is -0.166. The maximum atomic E-state index is 13.2. The number of carbonyl (C=O) groups is 1. The van der Waals surface area contributed by atoms with Gasteiger partial charge in [0.05, 0.1) is 19.1 Å². The molecule has 0 heterocycles. The summed E-state index contributed by atoms with van der Waals surface area (Å²) in [6.45, 7) is 13.0. The number of hydrogen-bond acceptors (Lipinski definition) is 3. The molecule has 2 atom stereocenters. The first-order valence-electron chi connectivity index (χ1n) is 9.10. The van der Waals surface area contributed by atoms with E-state index >= 15 is 0 Å². The first-order valence-corrected chi connectivity index (χ1v) is 9.10. The Kier molecular flexibility index (Phi) is 7.31. The first kappa shape index (κ1) is 20.5. The van der Waals surface area contributed by atoms with Crippen LogP contribution in [0.15, 0.2) is 24.3 Å². The van der Waals surface area contributed by atoms with Gasteiger partial charge in [0.2, 0.25) is 0 Å². The van der Waals surface area contributed by atoms with E-state index in [1.807, 2.05) is 25.1 Å². The van der Waals surface area contributed by atoms with Gasteiger partial charge >= 0.3 is 5.97 Å². The molecule has 0 N–H and O–H groups in total. The summed E-state index contributed by atoms with van der Waals surface area (Å²) in [6.07, 6.45) is 2.66. The average Bonchev–Trinajstić information content (AvgIpc) is 2.54. The van der Waals surface area contributed by atoms with Gasteiger partial charge in [-0.15, -0.1) is 0 Å². The minimum atomic E-state index is -0.590. The Labute approximate surface area is 147 Å². The molecule has 0 fully saturated rings. The van der Waals surface area contributed by atoms with E-state index in [-0.39, 0.29) is 17.3 Å². The summed E-state index contributed by atoms with van der Waals surface area (Å²) in [7, 11) is 1.69. The largest absolute Gasteiger partial charge is 0.496 e. The van der Waals surface area contributed by atoms with Crippen molar-refractivity contribution in [3.8, 4) is 5.75 Å². The van der Waals surface area contributed by atoms with Gasteiger partial charge in [-0.05, 0) is 36.8 Å². The van der Waals surface area contributed by atoms with Crippen LogP contribution in [0.25, 0.3) is 0 Å². The standard InChI is InChI=1S/C21H34O3/c1-8-13-17(16-14-11-12-15-18(16)23-7)21(9-2,20(4,5)6)19(22)24-10-3/h11-12,14-15,17H,8-10,13H2,1-7H3. The molecule has 0 aliphatic rings. The smallest absolute Gasteiger partial charge is 0.313 e. The van der Waals surface area contributed by atoms with Gasteiger partial charge in [-0.1, -0.05) is 59.2 Å². The second kappa shape index (κ2) is 8.55. The van der Waals surface area contributed by atoms with E-state index in [1.54, 1.807) is 7.11 Å². The molecule has 136 valence electrons. The third-order valence-corrected chi connectivity index (χ3v) is 5.22. The van der Waals surface area contributed by atoms with Crippen LogP contribution >= 0.6 is 0 Å². The van der Waals surface area contributed by atoms with Gasteiger partial charge in [-0.3, -0.25) is 4.79 Å². The SMILES string of the molecule is CCCC(c1ccccc1OC)C(CC)(C(=O)OCC)C(C)(C)C. The Hall–Kier alpha value is -1.51. The minimum absolute atomic E-state index is 0.0581. The number of esters is 1. The normalized spacial score (nSPS) is 15.5. The zero-order valence-corrected chi connectivity index (χ0v) is 16.4. The highest BCUT2D eigenvalue weighted by Crippen LogP contribution is 2.55. The van der Waals surface area contributed by atoms with E-state index in [4.69, 9.17) is 9.47 Å². The predicted molar refractivity (Wildman–Crippen MR) is 99.5 cm³/mol. The van der Waals surface area contributed by atoms with Gasteiger partial charge in [0, 0.05) is 5.92 Å². The number of para-hydroxylation sites is 1. The van der Waals surface area contributed by atoms with Crippen LogP contribution in [-0.2, 0) is 9.53 Å². The molecule has 2 unspecified atom stereocenters. The molecule has 1 rings (SSSR count). The van der Waals surface area contributed by atoms with Crippen molar-refractivity contribution >= 4 is 5.97 Å². The third-order valence-electron chi connectivity index (χ3n) is 5.22. The van der Waals surface area contributed by atoms with Crippen molar-refractivity contribution in [1.82, 2.24) is 0 Å². The van der Waals surface area contributed by atoms with Gasteiger partial charge in [-0.2, -0.15) is 0 Å². The summed E-state index contributed by atoms with van der Waals surface area (Å²) in [6, 6.07) is 8.07. The molecule has 3 heteroatoms. The molecule has 0 saturated heterocycles. The van der Waals surface area contributed by atoms with Gasteiger partial charge in [0.25, 0.3) is 0 Å². The lowest BCUT2D eigenvalue weighted by Gasteiger charge is -2.48. The predicted octanol–water partition coefficient (Wildman–Crippen LogP) is 5.58. The zero-order valence-electron chi connectivity index (χ0n) is 16.4. The number of hydrogen-bond donors (Lipinski definition) is 0. The molecule has 0 radical (unpaired) electrons. The molecule has 0 aliphatic heterocycles. The summed E-state index contributed by atoms with van der Waals surface area (Å²) >= 11 is 0. The molecule has 0 aliphatic carbocycles. The van der Waals surface area contributed by atoms with Crippen molar-refractivity contribution in [2.24, 2.45) is 10.8 Å². The third kappa shape index (κ3) is 3.76. The van der Waals surface area contributed by atoms with Crippen LogP contribution in [0.2, 0.25) is 0 Å². The Balaban J connectivity index is 3.62. The number of rotatable bonds is 8. The van der Waals surface area contributed by atoms with Crippen molar-refractivity contribution in [2.45, 2.75) is 66.7 Å². The van der Waals surface area contributed by atoms with Crippen molar-refractivity contribution in [1.29, 1.82) is 0 Å². The molecule has 1 aromatic rings. The maximum absolute atomic E-state index is 13.2. The summed E-state index contributed by atoms with van der Waals surface area (Å²) < 4.78 is 11.2. The monoisotopic (exact) mass is 334 g/mol. The van der Waals surface area contributed by atoms with Gasteiger partial charge in [0.1, 0.15) is 5.75 Å². The number of benzene rings is 1. The molecule has 0 saturated carbocycles. The van der Waals surface area contributed by atoms with Crippen LogP contribution in [0.5, 0.6) is 5.75 Å². The molecule has 0 bridgehead atoms. The van der Waals surface area contributed by atoms with Gasteiger partial charge < -0.3 is 9.47 Å². The highest BCUT2D eigenvalue weighted by Gasteiger charge is 2.54. The van der Waals surface area contributed by atoms with Crippen LogP contribution in [0.4, 0.5) is 0 Å². The van der Waals surface area contributed by atoms with E-state index in [1.165, 1.54) is 0 Å². The molecule has 0 spiro atoms.